The van der Waals surface area contributed by atoms with Crippen molar-refractivity contribution < 1.29 is 31.2 Å². The number of nitrogens with one attached hydrogen (secondary N) is 1. The summed E-state index contributed by atoms with van der Waals surface area (Å²) in [5.74, 6) is -5.98. The topological polar surface area (TPSA) is 83.6 Å². The van der Waals surface area contributed by atoms with Gasteiger partial charge in [0.15, 0.2) is 27.3 Å². The summed E-state index contributed by atoms with van der Waals surface area (Å²) < 4.78 is 63.0. The predicted molar refractivity (Wildman–Crippen MR) is 101 cm³/mol. The lowest BCUT2D eigenvalue weighted by molar-refractivity contribution is -0.116. The van der Waals surface area contributed by atoms with E-state index in [1.165, 1.54) is 29.2 Å². The van der Waals surface area contributed by atoms with Crippen LogP contribution in [0.5, 0.6) is 0 Å². The van der Waals surface area contributed by atoms with Gasteiger partial charge in [-0.2, -0.15) is 0 Å². The summed E-state index contributed by atoms with van der Waals surface area (Å²) in [5.41, 5.74) is -0.382. The van der Waals surface area contributed by atoms with Crippen molar-refractivity contribution in [2.45, 2.75) is 18.2 Å². The summed E-state index contributed by atoms with van der Waals surface area (Å²) in [7, 11) is -3.42. The Labute approximate surface area is 166 Å². The molecule has 0 aromatic heterocycles. The third-order valence-corrected chi connectivity index (χ3v) is 5.08. The maximum Gasteiger partial charge on any atom is 0.254 e. The maximum atomic E-state index is 13.7. The van der Waals surface area contributed by atoms with Crippen LogP contribution < -0.4 is 5.32 Å². The number of benzene rings is 2. The lowest BCUT2D eigenvalue weighted by Crippen LogP contribution is -2.38. The molecule has 0 fully saturated rings. The first kappa shape index (κ1) is 22.4. The predicted octanol–water partition coefficient (Wildman–Crippen LogP) is 3.00. The Hall–Kier alpha value is -2.88. The Morgan fingerprint density at radius 2 is 1.62 bits per heavy atom. The molecule has 0 aliphatic rings. The lowest BCUT2D eigenvalue weighted by Gasteiger charge is -2.22. The van der Waals surface area contributed by atoms with Crippen LogP contribution in [0.3, 0.4) is 0 Å². The highest BCUT2D eigenvalue weighted by molar-refractivity contribution is 7.90. The minimum Gasteiger partial charge on any atom is -0.329 e. The molecule has 2 aromatic rings. The van der Waals surface area contributed by atoms with Crippen molar-refractivity contribution in [1.82, 2.24) is 4.90 Å². The average molecular weight is 428 g/mol. The summed E-state index contributed by atoms with van der Waals surface area (Å²) in [6.07, 6.45) is 1.55. The van der Waals surface area contributed by atoms with Gasteiger partial charge in [0.2, 0.25) is 5.91 Å². The summed E-state index contributed by atoms with van der Waals surface area (Å²) in [4.78, 5) is 26.1. The Morgan fingerprint density at radius 3 is 2.17 bits per heavy atom. The van der Waals surface area contributed by atoms with Crippen molar-refractivity contribution in [1.29, 1.82) is 0 Å². The molecule has 0 spiro atoms. The van der Waals surface area contributed by atoms with E-state index in [1.807, 2.05) is 0 Å². The molecule has 2 aromatic carbocycles. The Balaban J connectivity index is 2.15. The first-order valence-corrected chi connectivity index (χ1v) is 10.5. The average Bonchev–Trinajstić information content (AvgIpc) is 2.67. The molecule has 0 saturated heterocycles. The zero-order valence-corrected chi connectivity index (χ0v) is 16.5. The van der Waals surface area contributed by atoms with Crippen LogP contribution in [-0.2, 0) is 14.6 Å². The van der Waals surface area contributed by atoms with Gasteiger partial charge in [0, 0.05) is 18.4 Å². The molecule has 10 heteroatoms. The van der Waals surface area contributed by atoms with E-state index in [0.29, 0.717) is 12.5 Å². The van der Waals surface area contributed by atoms with E-state index < -0.39 is 51.3 Å². The van der Waals surface area contributed by atoms with Crippen LogP contribution in [0.1, 0.15) is 23.7 Å². The largest absolute Gasteiger partial charge is 0.329 e. The lowest BCUT2D eigenvalue weighted by atomic mass is 10.2. The van der Waals surface area contributed by atoms with Crippen LogP contribution in [0.15, 0.2) is 41.3 Å². The van der Waals surface area contributed by atoms with Gasteiger partial charge in [-0.1, -0.05) is 6.92 Å². The number of sulfone groups is 1. The third kappa shape index (κ3) is 5.57. The third-order valence-electron chi connectivity index (χ3n) is 3.95. The number of amides is 2. The molecule has 0 aliphatic carbocycles. The van der Waals surface area contributed by atoms with E-state index in [4.69, 9.17) is 0 Å². The SMILES string of the molecule is CCCN(CC(=O)Nc1ccc(F)c(F)c1F)C(=O)c1ccc(S(C)(=O)=O)cc1. The van der Waals surface area contributed by atoms with Gasteiger partial charge in [-0.05, 0) is 42.8 Å². The van der Waals surface area contributed by atoms with Crippen LogP contribution in [0.2, 0.25) is 0 Å². The van der Waals surface area contributed by atoms with Crippen LogP contribution in [0, 0.1) is 17.5 Å². The summed E-state index contributed by atoms with van der Waals surface area (Å²) in [6, 6.07) is 6.77. The van der Waals surface area contributed by atoms with Crippen molar-refractivity contribution in [2.24, 2.45) is 0 Å². The van der Waals surface area contributed by atoms with Crippen LogP contribution in [0.25, 0.3) is 0 Å². The molecule has 2 amide bonds. The fourth-order valence-electron chi connectivity index (χ4n) is 2.54. The number of hydrogen-bond acceptors (Lipinski definition) is 4. The fraction of sp³-hybridized carbons (Fsp3) is 0.263. The van der Waals surface area contributed by atoms with Gasteiger partial charge < -0.3 is 10.2 Å². The molecule has 0 unspecified atom stereocenters. The second kappa shape index (κ2) is 9.08. The monoisotopic (exact) mass is 428 g/mol. The van der Waals surface area contributed by atoms with Crippen molar-refractivity contribution in [3.8, 4) is 0 Å². The standard InChI is InChI=1S/C19H19F3N2O4S/c1-3-10-24(19(26)12-4-6-13(7-5-12)29(2,27)28)11-16(25)23-15-9-8-14(20)17(21)18(15)22/h4-9H,3,10-11H2,1-2H3,(H,23,25). The summed E-state index contributed by atoms with van der Waals surface area (Å²) in [5, 5.41) is 2.11. The van der Waals surface area contributed by atoms with E-state index in [9.17, 15) is 31.2 Å². The molecule has 1 N–H and O–H groups in total. The molecule has 2 rings (SSSR count). The second-order valence-corrected chi connectivity index (χ2v) is 8.31. The molecular weight excluding hydrogens is 409 g/mol. The molecule has 0 radical (unpaired) electrons. The Kier molecular flexibility index (Phi) is 7.02. The van der Waals surface area contributed by atoms with Gasteiger partial charge in [-0.15, -0.1) is 0 Å². The molecule has 0 atom stereocenters. The summed E-state index contributed by atoms with van der Waals surface area (Å²) in [6.45, 7) is 1.51. The van der Waals surface area contributed by atoms with Crippen LogP contribution in [-0.4, -0.2) is 44.5 Å². The smallest absolute Gasteiger partial charge is 0.254 e. The number of carbonyl (C=O) groups is 2. The number of hydrogen-bond donors (Lipinski definition) is 1. The van der Waals surface area contributed by atoms with Gasteiger partial charge in [0.05, 0.1) is 10.6 Å². The maximum absolute atomic E-state index is 13.7. The van der Waals surface area contributed by atoms with Crippen molar-refractivity contribution in [3.05, 3.63) is 59.4 Å². The molecule has 0 bridgehead atoms. The normalized spacial score (nSPS) is 11.2. The van der Waals surface area contributed by atoms with Crippen molar-refractivity contribution in [3.63, 3.8) is 0 Å². The van der Waals surface area contributed by atoms with Gasteiger partial charge in [-0.3, -0.25) is 9.59 Å². The van der Waals surface area contributed by atoms with Crippen LogP contribution in [0.4, 0.5) is 18.9 Å². The molecule has 0 saturated carbocycles. The van der Waals surface area contributed by atoms with E-state index in [2.05, 4.69) is 5.32 Å². The quantitative estimate of drug-likeness (QED) is 0.688. The van der Waals surface area contributed by atoms with E-state index in [0.717, 1.165) is 12.3 Å². The van der Waals surface area contributed by atoms with Crippen molar-refractivity contribution in [2.75, 3.05) is 24.7 Å². The van der Waals surface area contributed by atoms with Gasteiger partial charge in [-0.25, -0.2) is 21.6 Å². The zero-order valence-electron chi connectivity index (χ0n) is 15.7. The first-order valence-electron chi connectivity index (χ1n) is 8.57. The summed E-state index contributed by atoms with van der Waals surface area (Å²) >= 11 is 0. The molecule has 0 heterocycles. The first-order chi connectivity index (χ1) is 13.5. The molecular formula is C19H19F3N2O4S. The number of carbonyl (C=O) groups excluding carboxylic acids is 2. The number of nitrogens with zero attached hydrogens (tertiary/aromatic N) is 1. The minimum atomic E-state index is -3.42. The number of rotatable bonds is 7. The van der Waals surface area contributed by atoms with Crippen molar-refractivity contribution >= 4 is 27.3 Å². The minimum absolute atomic E-state index is 0.0441. The Morgan fingerprint density at radius 1 is 1.00 bits per heavy atom. The molecule has 0 aliphatic heterocycles. The van der Waals surface area contributed by atoms with E-state index >= 15 is 0 Å². The highest BCUT2D eigenvalue weighted by atomic mass is 32.2. The molecule has 29 heavy (non-hydrogen) atoms. The molecule has 6 nitrogen and oxygen atoms in total. The number of anilines is 1. The highest BCUT2D eigenvalue weighted by Crippen LogP contribution is 2.20. The molecule has 156 valence electrons. The van der Waals surface area contributed by atoms with E-state index in [-0.39, 0.29) is 17.0 Å². The van der Waals surface area contributed by atoms with E-state index in [1.54, 1.807) is 6.92 Å². The highest BCUT2D eigenvalue weighted by Gasteiger charge is 2.21. The fourth-order valence-corrected chi connectivity index (χ4v) is 3.17. The number of halogens is 3. The Bertz CT molecular complexity index is 1020. The van der Waals surface area contributed by atoms with Gasteiger partial charge in [0.1, 0.15) is 6.54 Å². The van der Waals surface area contributed by atoms with Gasteiger partial charge in [0.25, 0.3) is 5.91 Å². The second-order valence-electron chi connectivity index (χ2n) is 6.29. The van der Waals surface area contributed by atoms with Gasteiger partial charge >= 0.3 is 0 Å². The van der Waals surface area contributed by atoms with Crippen LogP contribution >= 0.6 is 0 Å². The zero-order chi connectivity index (χ0) is 21.8.